The Balaban J connectivity index is 1.77. The van der Waals surface area contributed by atoms with Gasteiger partial charge >= 0.3 is 0 Å². The predicted molar refractivity (Wildman–Crippen MR) is 152 cm³/mol. The molecule has 2 unspecified atom stereocenters. The minimum Gasteiger partial charge on any atom is -0.352 e. The minimum atomic E-state index is -0.0399. The van der Waals surface area contributed by atoms with Gasteiger partial charge in [0.2, 0.25) is 11.8 Å². The third-order valence-electron chi connectivity index (χ3n) is 7.96. The van der Waals surface area contributed by atoms with E-state index < -0.39 is 0 Å². The molecule has 6 nitrogen and oxygen atoms in total. The molecule has 1 fully saturated rings. The third-order valence-corrected chi connectivity index (χ3v) is 7.96. The van der Waals surface area contributed by atoms with Gasteiger partial charge in [-0.3, -0.25) is 14.5 Å². The van der Waals surface area contributed by atoms with E-state index in [1.807, 2.05) is 19.1 Å². The van der Waals surface area contributed by atoms with E-state index in [1.165, 1.54) is 10.5 Å². The highest BCUT2D eigenvalue weighted by atomic mass is 16.2. The van der Waals surface area contributed by atoms with Gasteiger partial charge in [0.15, 0.2) is 0 Å². The number of quaternary nitrogens is 1. The van der Waals surface area contributed by atoms with Crippen LogP contribution in [-0.2, 0) is 9.59 Å². The largest absolute Gasteiger partial charge is 0.352 e. The second kappa shape index (κ2) is 13.7. The molecular formula is C31H47N4O2+. The highest BCUT2D eigenvalue weighted by Crippen LogP contribution is 2.42. The summed E-state index contributed by atoms with van der Waals surface area (Å²) in [4.78, 5) is 28.6. The van der Waals surface area contributed by atoms with E-state index in [2.05, 4.69) is 73.7 Å². The maximum atomic E-state index is 12.5. The molecular weight excluding hydrogens is 460 g/mol. The van der Waals surface area contributed by atoms with Gasteiger partial charge in [0.05, 0.1) is 19.1 Å². The van der Waals surface area contributed by atoms with Crippen molar-refractivity contribution in [2.45, 2.75) is 59.4 Å². The summed E-state index contributed by atoms with van der Waals surface area (Å²) in [7, 11) is 2.16. The fraction of sp³-hybridized carbons (Fsp3) is 0.548. The molecule has 3 rings (SSSR count). The van der Waals surface area contributed by atoms with Crippen LogP contribution >= 0.6 is 0 Å². The molecule has 1 aliphatic carbocycles. The number of nitrogens with one attached hydrogen (secondary N) is 3. The van der Waals surface area contributed by atoms with Gasteiger partial charge in [-0.25, -0.2) is 0 Å². The molecule has 2 amide bonds. The first-order valence-electron chi connectivity index (χ1n) is 13.8. The van der Waals surface area contributed by atoms with Crippen molar-refractivity contribution >= 4 is 11.8 Å². The molecule has 202 valence electrons. The van der Waals surface area contributed by atoms with Crippen LogP contribution in [0.15, 0.2) is 71.4 Å². The van der Waals surface area contributed by atoms with Gasteiger partial charge in [-0.05, 0) is 52.5 Å². The molecule has 6 heteroatoms. The third kappa shape index (κ3) is 9.28. The van der Waals surface area contributed by atoms with Crippen molar-refractivity contribution in [3.63, 3.8) is 0 Å². The number of likely N-dealkylation sites (N-methyl/N-ethyl adjacent to an activating group) is 1. The van der Waals surface area contributed by atoms with Crippen LogP contribution in [0.4, 0.5) is 0 Å². The molecule has 3 aliphatic rings. The summed E-state index contributed by atoms with van der Waals surface area (Å²) < 4.78 is 0. The normalized spacial score (nSPS) is 31.4. The Labute approximate surface area is 223 Å². The summed E-state index contributed by atoms with van der Waals surface area (Å²) >= 11 is 0. The minimum absolute atomic E-state index is 0.00826. The summed E-state index contributed by atoms with van der Waals surface area (Å²) in [5.41, 5.74) is 3.54. The lowest BCUT2D eigenvalue weighted by atomic mass is 9.68. The van der Waals surface area contributed by atoms with E-state index in [0.29, 0.717) is 19.1 Å². The van der Waals surface area contributed by atoms with E-state index in [9.17, 15) is 9.59 Å². The zero-order valence-corrected chi connectivity index (χ0v) is 23.5. The smallest absolute Gasteiger partial charge is 0.243 e. The summed E-state index contributed by atoms with van der Waals surface area (Å²) in [6.07, 6.45) is 22.3. The van der Waals surface area contributed by atoms with Gasteiger partial charge in [0.1, 0.15) is 6.67 Å². The Hall–Kier alpha value is -2.70. The predicted octanol–water partition coefficient (Wildman–Crippen LogP) is 3.09. The number of nitrogens with zero attached hydrogens (tertiary/aromatic N) is 1. The maximum absolute atomic E-state index is 12.5. The molecule has 2 bridgehead atoms. The Morgan fingerprint density at radius 3 is 2.43 bits per heavy atom. The SMILES string of the molecule is CC1=CC=C[C@]2(C)CCC(C)=C[C@H]2C=C(C)C=CC(=O)NCCC2C[NH+](CCCNC(=O)C=C1)CN2C. The maximum Gasteiger partial charge on any atom is 0.243 e. The molecule has 4 atom stereocenters. The number of carbonyl (C=O) groups excluding carboxylic acids is 2. The zero-order chi connectivity index (χ0) is 26.8. The van der Waals surface area contributed by atoms with Crippen molar-refractivity contribution in [3.8, 4) is 0 Å². The van der Waals surface area contributed by atoms with E-state index in [-0.39, 0.29) is 23.1 Å². The zero-order valence-electron chi connectivity index (χ0n) is 23.5. The quantitative estimate of drug-likeness (QED) is 0.442. The van der Waals surface area contributed by atoms with Gasteiger partial charge in [0.25, 0.3) is 0 Å². The highest BCUT2D eigenvalue weighted by molar-refractivity contribution is 5.88. The Bertz CT molecular complexity index is 1000. The lowest BCUT2D eigenvalue weighted by molar-refractivity contribution is -0.892. The van der Waals surface area contributed by atoms with Gasteiger partial charge in [-0.15, -0.1) is 0 Å². The van der Waals surface area contributed by atoms with E-state index >= 15 is 0 Å². The number of hydrogen-bond donors (Lipinski definition) is 3. The molecule has 0 aromatic rings. The standard InChI is InChI=1S/C31H46N4O2/c1-24-8-6-15-31(4)16-13-26(3)21-27(31)20-25(2)10-12-30(37)33-18-14-28-22-35(23-34(28)5)19-7-17-32-29(36)11-9-24/h6,8-12,15,20-21,27-28H,7,13-14,16-19,22-23H2,1-5H3,(H,32,36)(H,33,37)/p+1/t27-,28?,31-/m1/s1. The number of rotatable bonds is 0. The summed E-state index contributed by atoms with van der Waals surface area (Å²) in [5.74, 6) is 0.186. The molecule has 0 saturated carbocycles. The van der Waals surface area contributed by atoms with Crippen LogP contribution in [0.5, 0.6) is 0 Å². The van der Waals surface area contributed by atoms with Crippen molar-refractivity contribution in [1.82, 2.24) is 15.5 Å². The van der Waals surface area contributed by atoms with Crippen LogP contribution in [-0.4, -0.2) is 62.7 Å². The molecule has 1 saturated heterocycles. The fourth-order valence-corrected chi connectivity index (χ4v) is 5.44. The van der Waals surface area contributed by atoms with Crippen molar-refractivity contribution in [2.75, 3.05) is 39.9 Å². The van der Waals surface area contributed by atoms with Crippen molar-refractivity contribution in [1.29, 1.82) is 0 Å². The number of amides is 2. The van der Waals surface area contributed by atoms with Crippen LogP contribution in [0.2, 0.25) is 0 Å². The lowest BCUT2D eigenvalue weighted by Crippen LogP contribution is -3.11. The first kappa shape index (κ1) is 28.9. The first-order chi connectivity index (χ1) is 17.6. The topological polar surface area (TPSA) is 65.9 Å². The fourth-order valence-electron chi connectivity index (χ4n) is 5.44. The Morgan fingerprint density at radius 2 is 1.68 bits per heavy atom. The molecule has 0 spiro atoms. The molecule has 2 heterocycles. The van der Waals surface area contributed by atoms with Crippen molar-refractivity contribution in [3.05, 3.63) is 71.4 Å². The van der Waals surface area contributed by atoms with Gasteiger partial charge < -0.3 is 15.5 Å². The molecule has 0 radical (unpaired) electrons. The summed E-state index contributed by atoms with van der Waals surface area (Å²) in [5, 5.41) is 6.08. The van der Waals surface area contributed by atoms with Crippen LogP contribution in [0.3, 0.4) is 0 Å². The molecule has 3 N–H and O–H groups in total. The number of fused-ring (bicyclic) bond motifs is 3. The molecule has 2 aliphatic heterocycles. The van der Waals surface area contributed by atoms with Crippen LogP contribution in [0.1, 0.15) is 53.4 Å². The molecule has 0 aromatic carbocycles. The van der Waals surface area contributed by atoms with Gasteiger partial charge in [-0.2, -0.15) is 0 Å². The Morgan fingerprint density at radius 1 is 0.973 bits per heavy atom. The second-order valence-corrected chi connectivity index (χ2v) is 11.4. The van der Waals surface area contributed by atoms with E-state index in [1.54, 1.807) is 12.2 Å². The average Bonchev–Trinajstić information content (AvgIpc) is 3.20. The Kier molecular flexibility index (Phi) is 10.7. The highest BCUT2D eigenvalue weighted by Gasteiger charge is 2.32. The van der Waals surface area contributed by atoms with E-state index in [0.717, 1.165) is 56.6 Å². The van der Waals surface area contributed by atoms with Gasteiger partial charge in [0, 0.05) is 37.6 Å². The van der Waals surface area contributed by atoms with Gasteiger partial charge in [-0.1, -0.05) is 66.2 Å². The van der Waals surface area contributed by atoms with Crippen LogP contribution < -0.4 is 15.5 Å². The summed E-state index contributed by atoms with van der Waals surface area (Å²) in [6, 6.07) is 0.464. The number of carbonyl (C=O) groups is 2. The van der Waals surface area contributed by atoms with Crippen LogP contribution in [0.25, 0.3) is 0 Å². The number of hydrogen-bond acceptors (Lipinski definition) is 3. The van der Waals surface area contributed by atoms with Crippen LogP contribution in [0, 0.1) is 11.3 Å². The first-order valence-corrected chi connectivity index (χ1v) is 13.8. The number of allylic oxidation sites excluding steroid dienone is 10. The molecule has 37 heavy (non-hydrogen) atoms. The van der Waals surface area contributed by atoms with Crippen molar-refractivity contribution < 1.29 is 14.5 Å². The average molecular weight is 508 g/mol. The second-order valence-electron chi connectivity index (χ2n) is 11.4. The molecule has 0 aromatic heterocycles. The summed E-state index contributed by atoms with van der Waals surface area (Å²) in [6.45, 7) is 13.1. The van der Waals surface area contributed by atoms with E-state index in [4.69, 9.17) is 0 Å². The van der Waals surface area contributed by atoms with Crippen molar-refractivity contribution in [2.24, 2.45) is 11.3 Å². The lowest BCUT2D eigenvalue weighted by Gasteiger charge is -2.36. The monoisotopic (exact) mass is 507 g/mol.